The molecule has 3 aromatic heterocycles. The molecule has 0 spiro atoms. The van der Waals surface area contributed by atoms with Gasteiger partial charge in [-0.1, -0.05) is 41.9 Å². The molecule has 0 bridgehead atoms. The summed E-state index contributed by atoms with van der Waals surface area (Å²) in [5.74, 6) is -0.896. The molecule has 0 aliphatic carbocycles. The van der Waals surface area contributed by atoms with Gasteiger partial charge in [-0.2, -0.15) is 5.10 Å². The Labute approximate surface area is 194 Å². The first kappa shape index (κ1) is 22.0. The van der Waals surface area contributed by atoms with Crippen LogP contribution in [0.2, 0.25) is 4.34 Å². The molecule has 0 N–H and O–H groups in total. The average molecular weight is 469 g/mol. The lowest BCUT2D eigenvalue weighted by molar-refractivity contribution is -0.133. The first-order valence-electron chi connectivity index (χ1n) is 10.0. The molecule has 3 heterocycles. The van der Waals surface area contributed by atoms with E-state index in [2.05, 4.69) is 5.10 Å². The summed E-state index contributed by atoms with van der Waals surface area (Å²) in [6.07, 6.45) is 1.60. The molecule has 0 saturated carbocycles. The third-order valence-corrected chi connectivity index (χ3v) is 6.19. The predicted octanol–water partition coefficient (Wildman–Crippen LogP) is 4.65. The molecule has 0 saturated heterocycles. The molecule has 32 heavy (non-hydrogen) atoms. The maximum absolute atomic E-state index is 13.0. The molecule has 0 fully saturated rings. The highest BCUT2D eigenvalue weighted by Gasteiger charge is 2.20. The van der Waals surface area contributed by atoms with Crippen molar-refractivity contribution >= 4 is 45.8 Å². The number of aryl methyl sites for hydroxylation is 1. The number of ether oxygens (including phenoxy) is 1. The fourth-order valence-electron chi connectivity index (χ4n) is 3.28. The smallest absolute Gasteiger partial charge is 0.339 e. The molecule has 7 nitrogen and oxygen atoms in total. The Kier molecular flexibility index (Phi) is 6.53. The Hall–Kier alpha value is -3.23. The van der Waals surface area contributed by atoms with Crippen LogP contribution in [0.3, 0.4) is 0 Å². The quantitative estimate of drug-likeness (QED) is 0.369. The summed E-state index contributed by atoms with van der Waals surface area (Å²) >= 11 is 7.35. The van der Waals surface area contributed by atoms with Gasteiger partial charge < -0.3 is 9.64 Å². The van der Waals surface area contributed by atoms with E-state index in [-0.39, 0.29) is 12.5 Å². The van der Waals surface area contributed by atoms with E-state index >= 15 is 0 Å². The summed E-state index contributed by atoms with van der Waals surface area (Å²) in [5, 5.41) is 4.91. The Morgan fingerprint density at radius 1 is 1.19 bits per heavy atom. The van der Waals surface area contributed by atoms with Crippen LogP contribution in [0.15, 0.2) is 54.7 Å². The fourth-order valence-corrected chi connectivity index (χ4v) is 4.42. The predicted molar refractivity (Wildman–Crippen MR) is 125 cm³/mol. The van der Waals surface area contributed by atoms with Gasteiger partial charge in [0.15, 0.2) is 12.3 Å². The first-order valence-corrected chi connectivity index (χ1v) is 11.2. The number of aromatic nitrogens is 3. The van der Waals surface area contributed by atoms with Crippen LogP contribution >= 0.6 is 22.9 Å². The first-order chi connectivity index (χ1) is 15.5. The highest BCUT2D eigenvalue weighted by atomic mass is 35.5. The van der Waals surface area contributed by atoms with Crippen molar-refractivity contribution in [3.05, 3.63) is 69.5 Å². The number of esters is 1. The number of benzene rings is 1. The van der Waals surface area contributed by atoms with Crippen LogP contribution in [0.5, 0.6) is 0 Å². The van der Waals surface area contributed by atoms with Crippen molar-refractivity contribution in [1.82, 2.24) is 19.7 Å². The molecule has 4 aromatic rings. The number of likely N-dealkylation sites (N-methyl/N-ethyl adjacent to an activating group) is 1. The maximum atomic E-state index is 13.0. The lowest BCUT2D eigenvalue weighted by Crippen LogP contribution is -2.30. The van der Waals surface area contributed by atoms with Gasteiger partial charge in [-0.15, -0.1) is 11.3 Å². The molecule has 1 aromatic carbocycles. The van der Waals surface area contributed by atoms with E-state index in [0.29, 0.717) is 39.7 Å². The topological polar surface area (TPSA) is 77.3 Å². The van der Waals surface area contributed by atoms with Crippen LogP contribution < -0.4 is 0 Å². The van der Waals surface area contributed by atoms with Gasteiger partial charge in [0.05, 0.1) is 33.7 Å². The van der Waals surface area contributed by atoms with E-state index in [4.69, 9.17) is 21.3 Å². The van der Waals surface area contributed by atoms with Gasteiger partial charge in [0.2, 0.25) is 0 Å². The zero-order valence-corrected chi connectivity index (χ0v) is 19.2. The van der Waals surface area contributed by atoms with Gasteiger partial charge in [0.25, 0.3) is 5.91 Å². The Balaban J connectivity index is 1.55. The third-order valence-electron chi connectivity index (χ3n) is 4.97. The summed E-state index contributed by atoms with van der Waals surface area (Å²) in [4.78, 5) is 32.6. The largest absolute Gasteiger partial charge is 0.452 e. The number of carbonyl (C=O) groups excluding carboxylic acids is 2. The Bertz CT molecular complexity index is 1270. The Morgan fingerprint density at radius 3 is 2.66 bits per heavy atom. The number of nitrogens with zero attached hydrogens (tertiary/aromatic N) is 4. The molecular weight excluding hydrogens is 448 g/mol. The van der Waals surface area contributed by atoms with Crippen LogP contribution in [-0.4, -0.2) is 45.2 Å². The number of halogens is 1. The van der Waals surface area contributed by atoms with Crippen molar-refractivity contribution in [2.45, 2.75) is 20.0 Å². The Morgan fingerprint density at radius 2 is 1.97 bits per heavy atom. The van der Waals surface area contributed by atoms with Gasteiger partial charge in [-0.3, -0.25) is 4.79 Å². The second-order valence-corrected chi connectivity index (χ2v) is 8.95. The summed E-state index contributed by atoms with van der Waals surface area (Å²) in [5.41, 5.74) is 2.43. The molecule has 1 amide bonds. The van der Waals surface area contributed by atoms with Crippen molar-refractivity contribution in [3.8, 4) is 11.3 Å². The molecule has 0 radical (unpaired) electrons. The molecule has 164 valence electrons. The van der Waals surface area contributed by atoms with E-state index in [1.165, 1.54) is 16.2 Å². The number of hydrogen-bond donors (Lipinski definition) is 0. The van der Waals surface area contributed by atoms with Crippen LogP contribution in [0.1, 0.15) is 22.2 Å². The van der Waals surface area contributed by atoms with E-state index in [1.54, 1.807) is 30.1 Å². The van der Waals surface area contributed by atoms with Crippen molar-refractivity contribution in [1.29, 1.82) is 0 Å². The minimum absolute atomic E-state index is 0.305. The SMILES string of the molecule is CCn1ncc2c(C(=O)OCC(=O)N(C)Cc3ccc(Cl)s3)cc(-c3ccccc3)nc21. The van der Waals surface area contributed by atoms with Crippen LogP contribution in [0.25, 0.3) is 22.3 Å². The van der Waals surface area contributed by atoms with E-state index in [9.17, 15) is 9.59 Å². The van der Waals surface area contributed by atoms with Gasteiger partial charge in [-0.25, -0.2) is 14.5 Å². The van der Waals surface area contributed by atoms with Gasteiger partial charge in [0.1, 0.15) is 0 Å². The van der Waals surface area contributed by atoms with Crippen molar-refractivity contribution in [3.63, 3.8) is 0 Å². The zero-order chi connectivity index (χ0) is 22.7. The molecular formula is C23H21ClN4O3S. The van der Waals surface area contributed by atoms with Crippen LogP contribution in [0, 0.1) is 0 Å². The highest BCUT2D eigenvalue weighted by Crippen LogP contribution is 2.26. The number of carbonyl (C=O) groups is 2. The molecule has 9 heteroatoms. The summed E-state index contributed by atoms with van der Waals surface area (Å²) in [6.45, 7) is 2.60. The monoisotopic (exact) mass is 468 g/mol. The molecule has 0 unspecified atom stereocenters. The van der Waals surface area contributed by atoms with E-state index in [0.717, 1.165) is 10.4 Å². The average Bonchev–Trinajstić information content (AvgIpc) is 3.42. The number of rotatable bonds is 7. The van der Waals surface area contributed by atoms with Crippen molar-refractivity contribution < 1.29 is 14.3 Å². The molecule has 4 rings (SSSR count). The standard InChI is InChI=1S/C23H21ClN4O3S/c1-3-28-22-18(12-25-28)17(11-19(26-22)15-7-5-4-6-8-15)23(30)31-14-21(29)27(2)13-16-9-10-20(24)32-16/h4-12H,3,13-14H2,1-2H3. The minimum atomic E-state index is -0.592. The second-order valence-electron chi connectivity index (χ2n) is 7.15. The minimum Gasteiger partial charge on any atom is -0.452 e. The summed E-state index contributed by atoms with van der Waals surface area (Å²) in [7, 11) is 1.66. The maximum Gasteiger partial charge on any atom is 0.339 e. The number of hydrogen-bond acceptors (Lipinski definition) is 6. The van der Waals surface area contributed by atoms with Crippen LogP contribution in [0.4, 0.5) is 0 Å². The third kappa shape index (κ3) is 4.66. The van der Waals surface area contributed by atoms with Gasteiger partial charge in [0, 0.05) is 24.0 Å². The molecule has 0 aliphatic rings. The second kappa shape index (κ2) is 9.50. The van der Waals surface area contributed by atoms with Gasteiger partial charge in [-0.05, 0) is 25.1 Å². The van der Waals surface area contributed by atoms with Gasteiger partial charge >= 0.3 is 5.97 Å². The number of amides is 1. The fraction of sp³-hybridized carbons (Fsp3) is 0.217. The number of pyridine rings is 1. The van der Waals surface area contributed by atoms with E-state index < -0.39 is 5.97 Å². The summed E-state index contributed by atoms with van der Waals surface area (Å²) < 4.78 is 7.77. The number of thiophene rings is 1. The lowest BCUT2D eigenvalue weighted by Gasteiger charge is -2.16. The van der Waals surface area contributed by atoms with Crippen molar-refractivity contribution in [2.24, 2.45) is 0 Å². The van der Waals surface area contributed by atoms with E-state index in [1.807, 2.05) is 43.3 Å². The normalized spacial score (nSPS) is 11.0. The highest BCUT2D eigenvalue weighted by molar-refractivity contribution is 7.16. The number of fused-ring (bicyclic) bond motifs is 1. The molecule has 0 atom stereocenters. The molecule has 0 aliphatic heterocycles. The summed E-state index contributed by atoms with van der Waals surface area (Å²) in [6, 6.07) is 14.9. The lowest BCUT2D eigenvalue weighted by atomic mass is 10.1. The van der Waals surface area contributed by atoms with Crippen molar-refractivity contribution in [2.75, 3.05) is 13.7 Å². The zero-order valence-electron chi connectivity index (χ0n) is 17.6. The van der Waals surface area contributed by atoms with Crippen LogP contribution in [-0.2, 0) is 22.6 Å².